The average Bonchev–Trinajstić information content (AvgIpc) is 3.42. The predicted octanol–water partition coefficient (Wildman–Crippen LogP) is 7.60. The minimum Gasteiger partial charge on any atom is -0.453 e. The Bertz CT molecular complexity index is 1360. The Hall–Kier alpha value is -2.68. The van der Waals surface area contributed by atoms with Gasteiger partial charge in [-0.2, -0.15) is 0 Å². The van der Waals surface area contributed by atoms with Gasteiger partial charge in [-0.15, -0.1) is 23.2 Å². The second-order valence-electron chi connectivity index (χ2n) is 8.16. The Labute approximate surface area is 237 Å². The van der Waals surface area contributed by atoms with Crippen molar-refractivity contribution in [2.45, 2.75) is 10.3 Å². The van der Waals surface area contributed by atoms with Gasteiger partial charge in [0.2, 0.25) is 5.91 Å². The third kappa shape index (κ3) is 6.25. The maximum Gasteiger partial charge on any atom is 0.411 e. The number of carbonyl (C=O) groups is 3. The van der Waals surface area contributed by atoms with Gasteiger partial charge in [0.15, 0.2) is 0 Å². The van der Waals surface area contributed by atoms with E-state index in [1.165, 1.54) is 19.2 Å². The number of halogens is 5. The topological polar surface area (TPSA) is 96.5 Å². The summed E-state index contributed by atoms with van der Waals surface area (Å²) in [5.74, 6) is -2.22. The molecule has 0 saturated heterocycles. The van der Waals surface area contributed by atoms with Crippen LogP contribution in [0.25, 0.3) is 0 Å². The second-order valence-corrected chi connectivity index (χ2v) is 10.9. The van der Waals surface area contributed by atoms with Gasteiger partial charge >= 0.3 is 6.09 Å². The van der Waals surface area contributed by atoms with Crippen molar-refractivity contribution in [3.8, 4) is 0 Å². The highest BCUT2D eigenvalue weighted by Crippen LogP contribution is 2.65. The first kappa shape index (κ1) is 27.4. The van der Waals surface area contributed by atoms with E-state index in [1.54, 1.807) is 48.5 Å². The number of anilines is 3. The molecule has 1 saturated carbocycles. The van der Waals surface area contributed by atoms with E-state index in [4.69, 9.17) is 58.0 Å². The zero-order chi connectivity index (χ0) is 26.9. The number of hydrogen-bond acceptors (Lipinski definition) is 4. The number of nitrogens with one attached hydrogen (secondary N) is 3. The van der Waals surface area contributed by atoms with E-state index in [1.807, 2.05) is 0 Å². The largest absolute Gasteiger partial charge is 0.453 e. The van der Waals surface area contributed by atoms with Crippen LogP contribution in [0.1, 0.15) is 21.8 Å². The molecule has 1 fully saturated rings. The minimum absolute atomic E-state index is 0.133. The van der Waals surface area contributed by atoms with E-state index >= 15 is 0 Å². The summed E-state index contributed by atoms with van der Waals surface area (Å²) in [6.07, 6.45) is -0.614. The molecule has 0 radical (unpaired) electrons. The smallest absolute Gasteiger partial charge is 0.411 e. The highest BCUT2D eigenvalue weighted by Gasteiger charge is 2.67. The minimum atomic E-state index is -1.35. The fourth-order valence-corrected chi connectivity index (χ4v) is 5.40. The second kappa shape index (κ2) is 11.0. The molecule has 3 amide bonds. The highest BCUT2D eigenvalue weighted by atomic mass is 35.5. The normalized spacial score (nSPS) is 17.5. The molecule has 2 atom stereocenters. The number of methoxy groups -OCH3 is 1. The summed E-state index contributed by atoms with van der Waals surface area (Å²) in [5.41, 5.74) is 2.05. The fourth-order valence-electron chi connectivity index (χ4n) is 3.82. The molecule has 1 aliphatic carbocycles. The van der Waals surface area contributed by atoms with Crippen LogP contribution in [0.3, 0.4) is 0 Å². The summed E-state index contributed by atoms with van der Waals surface area (Å²) in [5, 5.41) is 8.95. The van der Waals surface area contributed by atoms with Gasteiger partial charge in [-0.1, -0.05) is 34.8 Å². The molecule has 37 heavy (non-hydrogen) atoms. The Morgan fingerprint density at radius 2 is 1.35 bits per heavy atom. The third-order valence-corrected chi connectivity index (χ3v) is 7.34. The maximum absolute atomic E-state index is 13.0. The maximum atomic E-state index is 13.0. The van der Waals surface area contributed by atoms with Crippen LogP contribution in [0.5, 0.6) is 0 Å². The summed E-state index contributed by atoms with van der Waals surface area (Å²) in [4.78, 5) is 37.2. The molecule has 7 nitrogen and oxygen atoms in total. The Morgan fingerprint density at radius 3 is 1.95 bits per heavy atom. The number of carbonyl (C=O) groups excluding carboxylic acids is 3. The summed E-state index contributed by atoms with van der Waals surface area (Å²) < 4.78 is 3.19. The molecule has 192 valence electrons. The van der Waals surface area contributed by atoms with Crippen LogP contribution >= 0.6 is 58.0 Å². The van der Waals surface area contributed by atoms with Crippen LogP contribution in [0.15, 0.2) is 60.7 Å². The van der Waals surface area contributed by atoms with Crippen molar-refractivity contribution in [1.29, 1.82) is 0 Å². The van der Waals surface area contributed by atoms with Gasteiger partial charge in [-0.05, 0) is 66.2 Å². The summed E-state index contributed by atoms with van der Waals surface area (Å²) >= 11 is 31.3. The van der Waals surface area contributed by atoms with E-state index in [2.05, 4.69) is 20.7 Å². The van der Waals surface area contributed by atoms with Crippen molar-refractivity contribution in [1.82, 2.24) is 0 Å². The van der Waals surface area contributed by atoms with E-state index in [0.717, 1.165) is 0 Å². The van der Waals surface area contributed by atoms with Crippen LogP contribution in [0.2, 0.25) is 15.1 Å². The lowest BCUT2D eigenvalue weighted by atomic mass is 10.1. The van der Waals surface area contributed by atoms with E-state index in [0.29, 0.717) is 32.7 Å². The molecule has 2 unspecified atom stereocenters. The van der Waals surface area contributed by atoms with Crippen molar-refractivity contribution in [3.05, 3.63) is 86.9 Å². The van der Waals surface area contributed by atoms with Crippen LogP contribution in [-0.2, 0) is 9.53 Å². The van der Waals surface area contributed by atoms with Crippen LogP contribution in [-0.4, -0.2) is 29.4 Å². The van der Waals surface area contributed by atoms with Crippen molar-refractivity contribution < 1.29 is 19.1 Å². The first-order valence-electron chi connectivity index (χ1n) is 10.7. The molecular weight excluding hydrogens is 584 g/mol. The standard InChI is InChI=1S/C25H18Cl5N3O4/c1-37-24(36)33-16-4-2-15(3-5-16)31-22(34)18-11-17(6-7-19(18)28)32-23(35)21-20(25(21,29)30)12-8-13(26)10-14(27)9-12/h2-11,20-21H,1H3,(H,31,34)(H,32,35)(H,33,36). The SMILES string of the molecule is COC(=O)Nc1ccc(NC(=O)c2cc(NC(=O)C3C(c4cc(Cl)cc(Cl)c4)C3(Cl)Cl)ccc2Cl)cc1. The summed E-state index contributed by atoms with van der Waals surface area (Å²) in [7, 11) is 1.25. The lowest BCUT2D eigenvalue weighted by Crippen LogP contribution is -2.18. The van der Waals surface area contributed by atoms with Crippen LogP contribution < -0.4 is 16.0 Å². The predicted molar refractivity (Wildman–Crippen MR) is 148 cm³/mol. The summed E-state index contributed by atoms with van der Waals surface area (Å²) in [6.45, 7) is 0. The molecule has 3 aromatic carbocycles. The molecule has 0 aromatic heterocycles. The molecular formula is C25H18Cl5N3O4. The van der Waals surface area contributed by atoms with Gasteiger partial charge in [0.25, 0.3) is 5.91 Å². The number of rotatable bonds is 6. The lowest BCUT2D eigenvalue weighted by Gasteiger charge is -2.11. The zero-order valence-corrected chi connectivity index (χ0v) is 22.7. The average molecular weight is 602 g/mol. The van der Waals surface area contributed by atoms with Gasteiger partial charge in [-0.3, -0.25) is 14.9 Å². The zero-order valence-electron chi connectivity index (χ0n) is 19.0. The first-order chi connectivity index (χ1) is 17.5. The van der Waals surface area contributed by atoms with Gasteiger partial charge in [0.1, 0.15) is 4.33 Å². The number of alkyl halides is 2. The van der Waals surface area contributed by atoms with E-state index in [9.17, 15) is 14.4 Å². The Kier molecular flexibility index (Phi) is 8.11. The van der Waals surface area contributed by atoms with Crippen LogP contribution in [0, 0.1) is 5.92 Å². The molecule has 0 heterocycles. The Morgan fingerprint density at radius 1 is 0.784 bits per heavy atom. The molecule has 0 spiro atoms. The van der Waals surface area contributed by atoms with Gasteiger partial charge in [-0.25, -0.2) is 4.79 Å². The van der Waals surface area contributed by atoms with Crippen molar-refractivity contribution in [2.24, 2.45) is 5.92 Å². The monoisotopic (exact) mass is 599 g/mol. The molecule has 3 N–H and O–H groups in total. The molecule has 0 bridgehead atoms. The van der Waals surface area contributed by atoms with E-state index < -0.39 is 34.1 Å². The van der Waals surface area contributed by atoms with Crippen molar-refractivity contribution >= 4 is 93.0 Å². The van der Waals surface area contributed by atoms with Gasteiger partial charge < -0.3 is 15.4 Å². The number of hydrogen-bond donors (Lipinski definition) is 3. The molecule has 0 aliphatic heterocycles. The van der Waals surface area contributed by atoms with Crippen molar-refractivity contribution in [2.75, 3.05) is 23.1 Å². The first-order valence-corrected chi connectivity index (χ1v) is 12.6. The molecule has 12 heteroatoms. The van der Waals surface area contributed by atoms with Crippen molar-refractivity contribution in [3.63, 3.8) is 0 Å². The third-order valence-electron chi connectivity index (χ3n) is 5.63. The Balaban J connectivity index is 1.45. The fraction of sp³-hybridized carbons (Fsp3) is 0.160. The highest BCUT2D eigenvalue weighted by molar-refractivity contribution is 6.53. The summed E-state index contributed by atoms with van der Waals surface area (Å²) in [6, 6.07) is 15.8. The molecule has 1 aliphatic rings. The molecule has 4 rings (SSSR count). The number of benzene rings is 3. The lowest BCUT2D eigenvalue weighted by molar-refractivity contribution is -0.117. The number of ether oxygens (including phenoxy) is 1. The molecule has 3 aromatic rings. The van der Waals surface area contributed by atoms with Gasteiger partial charge in [0.05, 0.1) is 23.6 Å². The van der Waals surface area contributed by atoms with Gasteiger partial charge in [0, 0.05) is 33.0 Å². The van der Waals surface area contributed by atoms with Crippen LogP contribution in [0.4, 0.5) is 21.9 Å². The van der Waals surface area contributed by atoms with E-state index in [-0.39, 0.29) is 10.6 Å². The number of amides is 3. The quantitative estimate of drug-likeness (QED) is 0.254.